The predicted octanol–water partition coefficient (Wildman–Crippen LogP) is 1.18. The monoisotopic (exact) mass is 264 g/mol. The number of hydrogen-bond acceptors (Lipinski definition) is 6. The molecule has 0 aliphatic heterocycles. The molecule has 100 valence electrons. The summed E-state index contributed by atoms with van der Waals surface area (Å²) in [4.78, 5) is 32.9. The highest BCUT2D eigenvalue weighted by molar-refractivity contribution is 6.08. The van der Waals surface area contributed by atoms with E-state index in [4.69, 9.17) is 5.73 Å². The van der Waals surface area contributed by atoms with Crippen molar-refractivity contribution < 1.29 is 19.2 Å². The molecule has 0 saturated carbocycles. The van der Waals surface area contributed by atoms with Gasteiger partial charge in [-0.2, -0.15) is 0 Å². The number of rotatable bonds is 5. The minimum atomic E-state index is -0.804. The highest BCUT2D eigenvalue weighted by Gasteiger charge is 2.13. The third-order valence-electron chi connectivity index (χ3n) is 2.14. The average Bonchev–Trinajstić information content (AvgIpc) is 2.39. The standard InChI is InChI=1S/C12H12N2O5/c1-2-19-12(16)10(13)7-11(15)8-4-3-5-9(6-8)14(17)18/h3-7H,2,13H2,1H3. The minimum Gasteiger partial charge on any atom is -0.461 e. The summed E-state index contributed by atoms with van der Waals surface area (Å²) in [5.41, 5.74) is 4.88. The molecule has 19 heavy (non-hydrogen) atoms. The molecule has 2 N–H and O–H groups in total. The summed E-state index contributed by atoms with van der Waals surface area (Å²) in [6, 6.07) is 5.14. The fraction of sp³-hybridized carbons (Fsp3) is 0.167. The van der Waals surface area contributed by atoms with Crippen LogP contribution in [-0.4, -0.2) is 23.3 Å². The Bertz CT molecular complexity index is 551. The largest absolute Gasteiger partial charge is 0.461 e. The number of carbonyl (C=O) groups is 2. The molecule has 1 aromatic rings. The van der Waals surface area contributed by atoms with Crippen LogP contribution in [0.2, 0.25) is 0 Å². The highest BCUT2D eigenvalue weighted by Crippen LogP contribution is 2.14. The Hall–Kier alpha value is -2.70. The van der Waals surface area contributed by atoms with Crippen molar-refractivity contribution in [3.05, 3.63) is 51.7 Å². The third-order valence-corrected chi connectivity index (χ3v) is 2.14. The molecule has 0 aromatic heterocycles. The van der Waals surface area contributed by atoms with Gasteiger partial charge in [-0.3, -0.25) is 14.9 Å². The average molecular weight is 264 g/mol. The molecule has 0 amide bonds. The molecule has 7 nitrogen and oxygen atoms in total. The minimum absolute atomic E-state index is 0.0708. The van der Waals surface area contributed by atoms with Crippen LogP contribution in [-0.2, 0) is 9.53 Å². The number of carbonyl (C=O) groups excluding carboxylic acids is 2. The Morgan fingerprint density at radius 3 is 2.74 bits per heavy atom. The first-order chi connectivity index (χ1) is 8.95. The molecule has 1 aromatic carbocycles. The summed E-state index contributed by atoms with van der Waals surface area (Å²) in [7, 11) is 0. The van der Waals surface area contributed by atoms with E-state index in [1.165, 1.54) is 18.2 Å². The van der Waals surface area contributed by atoms with E-state index in [0.29, 0.717) is 0 Å². The zero-order valence-electron chi connectivity index (χ0n) is 10.2. The molecule has 1 rings (SSSR count). The van der Waals surface area contributed by atoms with E-state index in [2.05, 4.69) is 4.74 Å². The van der Waals surface area contributed by atoms with Crippen molar-refractivity contribution in [2.45, 2.75) is 6.92 Å². The van der Waals surface area contributed by atoms with Crippen LogP contribution in [0.15, 0.2) is 36.0 Å². The number of nitro groups is 1. The molecular formula is C12H12N2O5. The van der Waals surface area contributed by atoms with Gasteiger partial charge in [0.2, 0.25) is 0 Å². The number of ether oxygens (including phenoxy) is 1. The van der Waals surface area contributed by atoms with Gasteiger partial charge in [0.15, 0.2) is 5.78 Å². The second-order valence-corrected chi connectivity index (χ2v) is 3.49. The Morgan fingerprint density at radius 2 is 2.16 bits per heavy atom. The molecule has 0 aliphatic carbocycles. The third kappa shape index (κ3) is 3.91. The lowest BCUT2D eigenvalue weighted by molar-refractivity contribution is -0.384. The van der Waals surface area contributed by atoms with Crippen LogP contribution >= 0.6 is 0 Å². The maximum Gasteiger partial charge on any atom is 0.354 e. The molecule has 0 fully saturated rings. The van der Waals surface area contributed by atoms with Gasteiger partial charge in [-0.15, -0.1) is 0 Å². The molecule has 0 saturated heterocycles. The van der Waals surface area contributed by atoms with Gasteiger partial charge in [0, 0.05) is 23.8 Å². The second-order valence-electron chi connectivity index (χ2n) is 3.49. The molecule has 0 spiro atoms. The smallest absolute Gasteiger partial charge is 0.354 e. The number of ketones is 1. The SMILES string of the molecule is CCOC(=O)C(N)=CC(=O)c1cccc([N+](=O)[O-])c1. The maximum atomic E-state index is 11.8. The topological polar surface area (TPSA) is 113 Å². The first-order valence-electron chi connectivity index (χ1n) is 5.38. The summed E-state index contributed by atoms with van der Waals surface area (Å²) in [6.07, 6.45) is 0.886. The van der Waals surface area contributed by atoms with Crippen LogP contribution in [0.4, 0.5) is 5.69 Å². The molecule has 0 heterocycles. The Kier molecular flexibility index (Phi) is 4.76. The summed E-state index contributed by atoms with van der Waals surface area (Å²) < 4.78 is 4.61. The number of allylic oxidation sites excluding steroid dienone is 1. The summed E-state index contributed by atoms with van der Waals surface area (Å²) in [5, 5.41) is 10.6. The van der Waals surface area contributed by atoms with Crippen molar-refractivity contribution >= 4 is 17.4 Å². The van der Waals surface area contributed by atoms with E-state index in [1.807, 2.05) is 0 Å². The van der Waals surface area contributed by atoms with E-state index in [-0.39, 0.29) is 23.6 Å². The van der Waals surface area contributed by atoms with E-state index >= 15 is 0 Å². The first-order valence-corrected chi connectivity index (χ1v) is 5.38. The second kappa shape index (κ2) is 6.29. The number of hydrogen-bond donors (Lipinski definition) is 1. The van der Waals surface area contributed by atoms with Gasteiger partial charge >= 0.3 is 5.97 Å². The molecule has 0 atom stereocenters. The van der Waals surface area contributed by atoms with Gasteiger partial charge in [0.25, 0.3) is 5.69 Å². The zero-order chi connectivity index (χ0) is 14.4. The number of nitrogens with zero attached hydrogens (tertiary/aromatic N) is 1. The Labute approximate surface area is 108 Å². The van der Waals surface area contributed by atoms with Crippen molar-refractivity contribution in [1.82, 2.24) is 0 Å². The van der Waals surface area contributed by atoms with Gasteiger partial charge in [0.05, 0.1) is 11.5 Å². The zero-order valence-corrected chi connectivity index (χ0v) is 10.2. The fourth-order valence-corrected chi connectivity index (χ4v) is 1.27. The van der Waals surface area contributed by atoms with Crippen molar-refractivity contribution in [3.8, 4) is 0 Å². The first kappa shape index (κ1) is 14.4. The van der Waals surface area contributed by atoms with Gasteiger partial charge < -0.3 is 10.5 Å². The predicted molar refractivity (Wildman–Crippen MR) is 66.3 cm³/mol. The molecule has 0 bridgehead atoms. The number of nitro benzene ring substituents is 1. The molecular weight excluding hydrogens is 252 g/mol. The lowest BCUT2D eigenvalue weighted by atomic mass is 10.1. The number of esters is 1. The molecule has 0 unspecified atom stereocenters. The number of benzene rings is 1. The molecule has 0 aliphatic rings. The van der Waals surface area contributed by atoms with Crippen LogP contribution < -0.4 is 5.73 Å². The van der Waals surface area contributed by atoms with Crippen LogP contribution in [0, 0.1) is 10.1 Å². The Morgan fingerprint density at radius 1 is 1.47 bits per heavy atom. The molecule has 0 radical (unpaired) electrons. The lowest BCUT2D eigenvalue weighted by Gasteiger charge is -2.01. The van der Waals surface area contributed by atoms with Gasteiger partial charge in [-0.1, -0.05) is 12.1 Å². The van der Waals surface area contributed by atoms with E-state index in [0.717, 1.165) is 12.1 Å². The fourth-order valence-electron chi connectivity index (χ4n) is 1.27. The van der Waals surface area contributed by atoms with Crippen LogP contribution in [0.25, 0.3) is 0 Å². The van der Waals surface area contributed by atoms with Gasteiger partial charge in [-0.25, -0.2) is 4.79 Å². The summed E-state index contributed by atoms with van der Waals surface area (Å²) >= 11 is 0. The lowest BCUT2D eigenvalue weighted by Crippen LogP contribution is -2.16. The van der Waals surface area contributed by atoms with Crippen LogP contribution in [0.3, 0.4) is 0 Å². The van der Waals surface area contributed by atoms with Crippen molar-refractivity contribution in [3.63, 3.8) is 0 Å². The summed E-state index contributed by atoms with van der Waals surface area (Å²) in [5.74, 6) is -1.41. The van der Waals surface area contributed by atoms with Crippen LogP contribution in [0.5, 0.6) is 0 Å². The van der Waals surface area contributed by atoms with Gasteiger partial charge in [-0.05, 0) is 6.92 Å². The van der Waals surface area contributed by atoms with E-state index in [9.17, 15) is 19.7 Å². The number of non-ortho nitro benzene ring substituents is 1. The number of nitrogens with two attached hydrogens (primary N) is 1. The van der Waals surface area contributed by atoms with E-state index < -0.39 is 16.7 Å². The highest BCUT2D eigenvalue weighted by atomic mass is 16.6. The van der Waals surface area contributed by atoms with Crippen LogP contribution in [0.1, 0.15) is 17.3 Å². The summed E-state index contributed by atoms with van der Waals surface area (Å²) in [6.45, 7) is 1.74. The van der Waals surface area contributed by atoms with Crippen molar-refractivity contribution in [2.24, 2.45) is 5.73 Å². The quantitative estimate of drug-likeness (QED) is 0.281. The van der Waals surface area contributed by atoms with Crippen molar-refractivity contribution in [1.29, 1.82) is 0 Å². The van der Waals surface area contributed by atoms with E-state index in [1.54, 1.807) is 6.92 Å². The molecule has 7 heteroatoms. The maximum absolute atomic E-state index is 11.8. The van der Waals surface area contributed by atoms with Gasteiger partial charge in [0.1, 0.15) is 5.70 Å². The Balaban J connectivity index is 2.95. The normalized spacial score (nSPS) is 10.9. The van der Waals surface area contributed by atoms with Crippen molar-refractivity contribution in [2.75, 3.05) is 6.61 Å².